The summed E-state index contributed by atoms with van der Waals surface area (Å²) in [7, 11) is 0. The lowest BCUT2D eigenvalue weighted by atomic mass is 10.00. The van der Waals surface area contributed by atoms with Crippen LogP contribution in [-0.2, 0) is 0 Å². The van der Waals surface area contributed by atoms with Crippen LogP contribution in [-0.4, -0.2) is 29.3 Å². The number of hydrogen-bond donors (Lipinski definition) is 2. The molecule has 0 aliphatic heterocycles. The number of anilines is 1. The summed E-state index contributed by atoms with van der Waals surface area (Å²) in [6.45, 7) is -3.02. The van der Waals surface area contributed by atoms with Crippen LogP contribution >= 0.6 is 0 Å². The SMILES string of the molecule is O=[N+]([O-])c1ccc(NC2CCCC2CCO)cc1OC(F)F. The van der Waals surface area contributed by atoms with Gasteiger partial charge in [0.05, 0.1) is 4.92 Å². The summed E-state index contributed by atoms with van der Waals surface area (Å²) in [6.07, 6.45) is 3.60. The molecular weight excluding hydrogens is 298 g/mol. The van der Waals surface area contributed by atoms with E-state index in [0.717, 1.165) is 25.3 Å². The number of aliphatic hydroxyl groups is 1. The van der Waals surface area contributed by atoms with Gasteiger partial charge in [-0.05, 0) is 31.2 Å². The molecule has 6 nitrogen and oxygen atoms in total. The first-order chi connectivity index (χ1) is 10.5. The minimum Gasteiger partial charge on any atom is -0.427 e. The molecule has 0 amide bonds. The highest BCUT2D eigenvalue weighted by atomic mass is 19.3. The Morgan fingerprint density at radius 1 is 1.45 bits per heavy atom. The van der Waals surface area contributed by atoms with Gasteiger partial charge in [0.1, 0.15) is 0 Å². The number of nitro benzene ring substituents is 1. The molecule has 2 unspecified atom stereocenters. The summed E-state index contributed by atoms with van der Waals surface area (Å²) in [5.41, 5.74) is 0.000250. The largest absolute Gasteiger partial charge is 0.427 e. The second kappa shape index (κ2) is 7.35. The summed E-state index contributed by atoms with van der Waals surface area (Å²) in [5, 5.41) is 23.1. The summed E-state index contributed by atoms with van der Waals surface area (Å²) in [5.74, 6) is -0.152. The number of alkyl halides is 2. The van der Waals surface area contributed by atoms with E-state index in [-0.39, 0.29) is 12.6 Å². The molecule has 0 heterocycles. The highest BCUT2D eigenvalue weighted by molar-refractivity contribution is 5.58. The van der Waals surface area contributed by atoms with Gasteiger partial charge in [-0.15, -0.1) is 0 Å². The molecule has 22 heavy (non-hydrogen) atoms. The Labute approximate surface area is 126 Å². The van der Waals surface area contributed by atoms with Crippen LogP contribution in [0.15, 0.2) is 18.2 Å². The summed E-state index contributed by atoms with van der Waals surface area (Å²) >= 11 is 0. The van der Waals surface area contributed by atoms with Crippen molar-refractivity contribution >= 4 is 11.4 Å². The molecule has 122 valence electrons. The Balaban J connectivity index is 2.15. The Morgan fingerprint density at radius 2 is 2.23 bits per heavy atom. The van der Waals surface area contributed by atoms with Crippen molar-refractivity contribution in [2.45, 2.75) is 38.3 Å². The Bertz CT molecular complexity index is 528. The molecule has 0 aromatic heterocycles. The maximum absolute atomic E-state index is 12.4. The number of benzene rings is 1. The monoisotopic (exact) mass is 316 g/mol. The number of aliphatic hydroxyl groups excluding tert-OH is 1. The maximum atomic E-state index is 12.4. The Hall–Kier alpha value is -1.96. The molecule has 1 fully saturated rings. The highest BCUT2D eigenvalue weighted by Gasteiger charge is 2.27. The van der Waals surface area contributed by atoms with E-state index in [0.29, 0.717) is 18.0 Å². The fraction of sp³-hybridized carbons (Fsp3) is 0.571. The number of hydrogen-bond acceptors (Lipinski definition) is 5. The van der Waals surface area contributed by atoms with Crippen molar-refractivity contribution in [2.24, 2.45) is 5.92 Å². The van der Waals surface area contributed by atoms with Crippen LogP contribution in [0.5, 0.6) is 5.75 Å². The van der Waals surface area contributed by atoms with E-state index < -0.39 is 23.0 Å². The van der Waals surface area contributed by atoms with Gasteiger partial charge in [-0.1, -0.05) is 6.42 Å². The van der Waals surface area contributed by atoms with Crippen molar-refractivity contribution in [3.05, 3.63) is 28.3 Å². The summed E-state index contributed by atoms with van der Waals surface area (Å²) in [6, 6.07) is 3.97. The number of halogens is 2. The first-order valence-corrected chi connectivity index (χ1v) is 7.12. The molecule has 2 N–H and O–H groups in total. The van der Waals surface area contributed by atoms with Crippen LogP contribution < -0.4 is 10.1 Å². The van der Waals surface area contributed by atoms with Gasteiger partial charge in [0.2, 0.25) is 5.75 Å². The predicted octanol–water partition coefficient (Wildman–Crippen LogP) is 3.16. The van der Waals surface area contributed by atoms with Crippen molar-refractivity contribution in [1.82, 2.24) is 0 Å². The average Bonchev–Trinajstić information content (AvgIpc) is 2.86. The van der Waals surface area contributed by atoms with Gasteiger partial charge in [0, 0.05) is 30.5 Å². The van der Waals surface area contributed by atoms with Crippen LogP contribution in [0.4, 0.5) is 20.2 Å². The molecule has 1 aliphatic carbocycles. The molecule has 0 saturated heterocycles. The van der Waals surface area contributed by atoms with Crippen molar-refractivity contribution in [3.63, 3.8) is 0 Å². The van der Waals surface area contributed by atoms with Crippen molar-refractivity contribution in [3.8, 4) is 5.75 Å². The minimum atomic E-state index is -3.12. The van der Waals surface area contributed by atoms with E-state index in [9.17, 15) is 18.9 Å². The topological polar surface area (TPSA) is 84.6 Å². The maximum Gasteiger partial charge on any atom is 0.387 e. The van der Waals surface area contributed by atoms with Gasteiger partial charge in [0.15, 0.2) is 0 Å². The first-order valence-electron chi connectivity index (χ1n) is 7.12. The number of rotatable bonds is 7. The fourth-order valence-electron chi connectivity index (χ4n) is 2.90. The molecule has 0 bridgehead atoms. The number of nitro groups is 1. The van der Waals surface area contributed by atoms with E-state index in [2.05, 4.69) is 10.1 Å². The van der Waals surface area contributed by atoms with Gasteiger partial charge in [-0.3, -0.25) is 10.1 Å². The van der Waals surface area contributed by atoms with Gasteiger partial charge >= 0.3 is 12.3 Å². The summed E-state index contributed by atoms with van der Waals surface area (Å²) in [4.78, 5) is 10.1. The average molecular weight is 316 g/mol. The molecule has 2 rings (SSSR count). The number of ether oxygens (including phenoxy) is 1. The fourth-order valence-corrected chi connectivity index (χ4v) is 2.90. The predicted molar refractivity (Wildman–Crippen MR) is 76.2 cm³/mol. The normalized spacial score (nSPS) is 21.1. The highest BCUT2D eigenvalue weighted by Crippen LogP contribution is 2.35. The first kappa shape index (κ1) is 16.4. The zero-order valence-electron chi connectivity index (χ0n) is 11.9. The van der Waals surface area contributed by atoms with Gasteiger partial charge in [0.25, 0.3) is 0 Å². The molecule has 1 saturated carbocycles. The van der Waals surface area contributed by atoms with Crippen LogP contribution in [0.1, 0.15) is 25.7 Å². The standard InChI is InChI=1S/C14H18F2N2O4/c15-14(16)22-13-8-10(4-5-12(13)18(20)21)17-11-3-1-2-9(11)6-7-19/h4-5,8-9,11,14,17,19H,1-3,6-7H2. The van der Waals surface area contributed by atoms with E-state index in [1.165, 1.54) is 12.1 Å². The van der Waals surface area contributed by atoms with E-state index >= 15 is 0 Å². The molecule has 2 atom stereocenters. The van der Waals surface area contributed by atoms with Gasteiger partial charge in [-0.25, -0.2) is 0 Å². The zero-order chi connectivity index (χ0) is 16.1. The van der Waals surface area contributed by atoms with E-state index in [4.69, 9.17) is 5.11 Å². The lowest BCUT2D eigenvalue weighted by molar-refractivity contribution is -0.386. The molecule has 0 spiro atoms. The number of nitrogens with one attached hydrogen (secondary N) is 1. The van der Waals surface area contributed by atoms with Crippen LogP contribution in [0.2, 0.25) is 0 Å². The minimum absolute atomic E-state index is 0.100. The van der Waals surface area contributed by atoms with Gasteiger partial charge in [-0.2, -0.15) is 8.78 Å². The molecular formula is C14H18F2N2O4. The van der Waals surface area contributed by atoms with Crippen molar-refractivity contribution in [1.29, 1.82) is 0 Å². The summed E-state index contributed by atoms with van der Waals surface area (Å²) < 4.78 is 29.0. The third kappa shape index (κ3) is 4.03. The second-order valence-corrected chi connectivity index (χ2v) is 5.27. The second-order valence-electron chi connectivity index (χ2n) is 5.27. The van der Waals surface area contributed by atoms with Crippen LogP contribution in [0, 0.1) is 16.0 Å². The molecule has 1 aromatic carbocycles. The Morgan fingerprint density at radius 3 is 2.86 bits per heavy atom. The lowest BCUT2D eigenvalue weighted by Crippen LogP contribution is -2.24. The van der Waals surface area contributed by atoms with Crippen molar-refractivity contribution < 1.29 is 23.5 Å². The van der Waals surface area contributed by atoms with Gasteiger partial charge < -0.3 is 15.2 Å². The Kier molecular flexibility index (Phi) is 5.48. The molecule has 0 radical (unpaired) electrons. The van der Waals surface area contributed by atoms with Crippen molar-refractivity contribution in [2.75, 3.05) is 11.9 Å². The third-order valence-corrected chi connectivity index (χ3v) is 3.88. The van der Waals surface area contributed by atoms with E-state index in [1.807, 2.05) is 0 Å². The smallest absolute Gasteiger partial charge is 0.387 e. The third-order valence-electron chi connectivity index (χ3n) is 3.88. The molecule has 1 aliphatic rings. The molecule has 8 heteroatoms. The van der Waals surface area contributed by atoms with Crippen LogP contribution in [0.3, 0.4) is 0 Å². The number of nitrogens with zero attached hydrogens (tertiary/aromatic N) is 1. The zero-order valence-corrected chi connectivity index (χ0v) is 11.9. The lowest BCUT2D eigenvalue weighted by Gasteiger charge is -2.21. The molecule has 1 aromatic rings. The van der Waals surface area contributed by atoms with E-state index in [1.54, 1.807) is 0 Å². The van der Waals surface area contributed by atoms with Crippen LogP contribution in [0.25, 0.3) is 0 Å². The quantitative estimate of drug-likeness (QED) is 0.596.